The third-order valence-corrected chi connectivity index (χ3v) is 3.94. The van der Waals surface area contributed by atoms with Crippen molar-refractivity contribution in [3.8, 4) is 0 Å². The molecule has 8 heteroatoms. The van der Waals surface area contributed by atoms with Crippen molar-refractivity contribution >= 4 is 11.9 Å². The maximum Gasteiger partial charge on any atom is 0.340 e. The first kappa shape index (κ1) is 17.4. The molecule has 2 fully saturated rings. The molecule has 1 aromatic rings. The molecule has 0 radical (unpaired) electrons. The van der Waals surface area contributed by atoms with Crippen LogP contribution in [0.1, 0.15) is 22.8 Å². The molecule has 8 nitrogen and oxygen atoms in total. The van der Waals surface area contributed by atoms with E-state index in [1.54, 1.807) is 19.2 Å². The number of hydrogen-bond acceptors (Lipinski definition) is 8. The minimum absolute atomic E-state index is 0.179. The Morgan fingerprint density at radius 1 is 1.20 bits per heavy atom. The van der Waals surface area contributed by atoms with Gasteiger partial charge in [-0.25, -0.2) is 9.59 Å². The molecule has 0 spiro atoms. The summed E-state index contributed by atoms with van der Waals surface area (Å²) in [5, 5.41) is 0. The van der Waals surface area contributed by atoms with Crippen molar-refractivity contribution in [3.63, 3.8) is 0 Å². The van der Waals surface area contributed by atoms with Gasteiger partial charge in [0.1, 0.15) is 12.2 Å². The smallest absolute Gasteiger partial charge is 0.340 e. The van der Waals surface area contributed by atoms with Gasteiger partial charge in [0, 0.05) is 24.2 Å². The molecule has 3 heterocycles. The molecule has 1 aromatic heterocycles. The van der Waals surface area contributed by atoms with Crippen LogP contribution in [0.2, 0.25) is 0 Å². The Hall–Kier alpha value is -2.45. The van der Waals surface area contributed by atoms with Crippen LogP contribution < -0.4 is 5.73 Å². The van der Waals surface area contributed by atoms with Crippen LogP contribution >= 0.6 is 0 Å². The first-order chi connectivity index (χ1) is 11.9. The van der Waals surface area contributed by atoms with Crippen LogP contribution in [0.25, 0.3) is 0 Å². The van der Waals surface area contributed by atoms with Crippen LogP contribution in [0.5, 0.6) is 0 Å². The molecule has 2 aliphatic rings. The largest absolute Gasteiger partial charge is 0.454 e. The Morgan fingerprint density at radius 2 is 1.84 bits per heavy atom. The standard InChI is InChI=1S/C17H20N2O6/c1-9-3-11(6-19-5-9)17(21)25-13-8-23-15-12(7-22-16(13)15)24-14(20)4-10(2)18/h3-6,12-13,15-16H,7-8,18H2,1-2H3/b10-4-/t12-,13+,15-,16-/m1/s1. The molecule has 25 heavy (non-hydrogen) atoms. The summed E-state index contributed by atoms with van der Waals surface area (Å²) in [4.78, 5) is 27.9. The van der Waals surface area contributed by atoms with Crippen LogP contribution in [-0.2, 0) is 23.7 Å². The first-order valence-electron chi connectivity index (χ1n) is 7.94. The minimum atomic E-state index is -0.562. The Labute approximate surface area is 144 Å². The molecule has 2 N–H and O–H groups in total. The summed E-state index contributed by atoms with van der Waals surface area (Å²) in [7, 11) is 0. The van der Waals surface area contributed by atoms with E-state index in [9.17, 15) is 9.59 Å². The summed E-state index contributed by atoms with van der Waals surface area (Å²) < 4.78 is 22.0. The highest BCUT2D eigenvalue weighted by Gasteiger charge is 2.51. The van der Waals surface area contributed by atoms with Gasteiger partial charge in [-0.1, -0.05) is 0 Å². The molecule has 0 unspecified atom stereocenters. The second kappa shape index (κ2) is 7.20. The van der Waals surface area contributed by atoms with Crippen molar-refractivity contribution in [1.29, 1.82) is 0 Å². The van der Waals surface area contributed by atoms with Gasteiger partial charge in [-0.15, -0.1) is 0 Å². The zero-order valence-electron chi connectivity index (χ0n) is 14.0. The quantitative estimate of drug-likeness (QED) is 0.618. The number of ether oxygens (including phenoxy) is 4. The Balaban J connectivity index is 1.59. The number of aryl methyl sites for hydroxylation is 1. The maximum atomic E-state index is 12.2. The molecule has 2 aliphatic heterocycles. The summed E-state index contributed by atoms with van der Waals surface area (Å²) in [6, 6.07) is 1.70. The number of carbonyl (C=O) groups excluding carboxylic acids is 2. The van der Waals surface area contributed by atoms with Gasteiger partial charge >= 0.3 is 11.9 Å². The third kappa shape index (κ3) is 3.97. The summed E-state index contributed by atoms with van der Waals surface area (Å²) >= 11 is 0. The van der Waals surface area contributed by atoms with E-state index in [0.717, 1.165) is 5.56 Å². The zero-order chi connectivity index (χ0) is 18.0. The number of carbonyl (C=O) groups is 2. The third-order valence-electron chi connectivity index (χ3n) is 3.94. The number of nitrogens with two attached hydrogens (primary N) is 1. The molecular weight excluding hydrogens is 328 g/mol. The summed E-state index contributed by atoms with van der Waals surface area (Å²) in [6.07, 6.45) is 2.24. The highest BCUT2D eigenvalue weighted by Crippen LogP contribution is 2.31. The molecule has 2 saturated heterocycles. The average molecular weight is 348 g/mol. The lowest BCUT2D eigenvalue weighted by Crippen LogP contribution is -2.35. The van der Waals surface area contributed by atoms with E-state index in [4.69, 9.17) is 24.7 Å². The van der Waals surface area contributed by atoms with Crippen LogP contribution in [0.3, 0.4) is 0 Å². The van der Waals surface area contributed by atoms with Crippen LogP contribution in [0, 0.1) is 6.92 Å². The van der Waals surface area contributed by atoms with Gasteiger partial charge in [-0.05, 0) is 25.5 Å². The van der Waals surface area contributed by atoms with Crippen molar-refractivity contribution < 1.29 is 28.5 Å². The summed E-state index contributed by atoms with van der Waals surface area (Å²) in [5.74, 6) is -1.04. The molecule has 0 aliphatic carbocycles. The van der Waals surface area contributed by atoms with Crippen LogP contribution in [0.4, 0.5) is 0 Å². The van der Waals surface area contributed by atoms with E-state index in [0.29, 0.717) is 11.3 Å². The number of fused-ring (bicyclic) bond motifs is 1. The highest BCUT2D eigenvalue weighted by molar-refractivity contribution is 5.89. The van der Waals surface area contributed by atoms with Gasteiger partial charge in [0.2, 0.25) is 0 Å². The van der Waals surface area contributed by atoms with Crippen molar-refractivity contribution in [2.24, 2.45) is 5.73 Å². The van der Waals surface area contributed by atoms with Crippen molar-refractivity contribution in [1.82, 2.24) is 4.98 Å². The zero-order valence-corrected chi connectivity index (χ0v) is 14.0. The normalized spacial score (nSPS) is 28.5. The van der Waals surface area contributed by atoms with Crippen molar-refractivity contribution in [2.75, 3.05) is 13.2 Å². The summed E-state index contributed by atoms with van der Waals surface area (Å²) in [5.41, 5.74) is 7.04. The molecular formula is C17H20N2O6. The lowest BCUT2D eigenvalue weighted by Gasteiger charge is -2.17. The van der Waals surface area contributed by atoms with E-state index in [1.165, 1.54) is 12.3 Å². The number of esters is 2. The lowest BCUT2D eigenvalue weighted by molar-refractivity contribution is -0.147. The minimum Gasteiger partial charge on any atom is -0.454 e. The number of nitrogens with zero attached hydrogens (tertiary/aromatic N) is 1. The van der Waals surface area contributed by atoms with E-state index < -0.39 is 36.4 Å². The number of rotatable bonds is 4. The van der Waals surface area contributed by atoms with Gasteiger partial charge in [0.15, 0.2) is 12.2 Å². The predicted molar refractivity (Wildman–Crippen MR) is 85.5 cm³/mol. The molecule has 134 valence electrons. The molecule has 0 bridgehead atoms. The van der Waals surface area contributed by atoms with Gasteiger partial charge in [0.25, 0.3) is 0 Å². The van der Waals surface area contributed by atoms with Gasteiger partial charge in [0.05, 0.1) is 18.8 Å². The van der Waals surface area contributed by atoms with Gasteiger partial charge in [-0.2, -0.15) is 0 Å². The first-order valence-corrected chi connectivity index (χ1v) is 7.94. The SMILES string of the molecule is C/C(N)=C/C(=O)O[C@@H]1CO[C@H]2[C@@H]1OC[C@@H]2OC(=O)c1cncc(C)c1. The second-order valence-corrected chi connectivity index (χ2v) is 6.15. The molecule has 0 amide bonds. The van der Waals surface area contributed by atoms with Gasteiger partial charge in [-0.3, -0.25) is 4.98 Å². The van der Waals surface area contributed by atoms with Gasteiger partial charge < -0.3 is 24.7 Å². The fourth-order valence-electron chi connectivity index (χ4n) is 2.87. The van der Waals surface area contributed by atoms with Crippen molar-refractivity contribution in [2.45, 2.75) is 38.3 Å². The fraction of sp³-hybridized carbons (Fsp3) is 0.471. The van der Waals surface area contributed by atoms with E-state index in [-0.39, 0.29) is 13.2 Å². The molecule has 0 saturated carbocycles. The van der Waals surface area contributed by atoms with E-state index >= 15 is 0 Å². The van der Waals surface area contributed by atoms with E-state index in [2.05, 4.69) is 4.98 Å². The monoisotopic (exact) mass is 348 g/mol. The van der Waals surface area contributed by atoms with Crippen molar-refractivity contribution in [3.05, 3.63) is 41.4 Å². The average Bonchev–Trinajstić information content (AvgIpc) is 3.10. The van der Waals surface area contributed by atoms with E-state index in [1.807, 2.05) is 6.92 Å². The second-order valence-electron chi connectivity index (χ2n) is 6.15. The Bertz CT molecular complexity index is 700. The molecule has 0 aromatic carbocycles. The fourth-order valence-corrected chi connectivity index (χ4v) is 2.87. The predicted octanol–water partition coefficient (Wildman–Crippen LogP) is 0.487. The Kier molecular flexibility index (Phi) is 5.00. The highest BCUT2D eigenvalue weighted by atomic mass is 16.7. The topological polar surface area (TPSA) is 110 Å². The number of hydrogen-bond donors (Lipinski definition) is 1. The Morgan fingerprint density at radius 3 is 2.44 bits per heavy atom. The number of aromatic nitrogens is 1. The molecule has 4 atom stereocenters. The van der Waals surface area contributed by atoms with Crippen LogP contribution in [-0.4, -0.2) is 54.6 Å². The summed E-state index contributed by atoms with van der Waals surface area (Å²) in [6.45, 7) is 3.80. The maximum absolute atomic E-state index is 12.2. The lowest BCUT2D eigenvalue weighted by atomic mass is 10.1. The number of pyridine rings is 1. The number of allylic oxidation sites excluding steroid dienone is 1. The van der Waals surface area contributed by atoms with Crippen LogP contribution in [0.15, 0.2) is 30.2 Å². The molecule has 3 rings (SSSR count).